The van der Waals surface area contributed by atoms with Crippen molar-refractivity contribution >= 4 is 23.7 Å². The maximum Gasteiger partial charge on any atom is 0.326 e. The summed E-state index contributed by atoms with van der Waals surface area (Å²) in [5.41, 5.74) is 17.7. The fraction of sp³-hybridized carbons (Fsp3) is 0.708. The summed E-state index contributed by atoms with van der Waals surface area (Å²) in [5, 5.41) is 17.4. The van der Waals surface area contributed by atoms with Crippen molar-refractivity contribution in [2.24, 2.45) is 23.1 Å². The summed E-state index contributed by atoms with van der Waals surface area (Å²) >= 11 is 0. The monoisotopic (exact) mass is 524 g/mol. The highest BCUT2D eigenvalue weighted by atomic mass is 16.4. The van der Waals surface area contributed by atoms with Crippen molar-refractivity contribution in [3.8, 4) is 0 Å². The molecule has 210 valence electrons. The number of amides is 3. The van der Waals surface area contributed by atoms with Gasteiger partial charge in [-0.25, -0.2) is 9.78 Å². The summed E-state index contributed by atoms with van der Waals surface area (Å²) in [6, 6.07) is -3.97. The summed E-state index contributed by atoms with van der Waals surface area (Å²) in [7, 11) is 0. The van der Waals surface area contributed by atoms with Crippen LogP contribution in [0.3, 0.4) is 0 Å². The van der Waals surface area contributed by atoms with Gasteiger partial charge in [0.25, 0.3) is 0 Å². The van der Waals surface area contributed by atoms with Crippen LogP contribution >= 0.6 is 0 Å². The maximum absolute atomic E-state index is 13.3. The second-order valence-corrected chi connectivity index (χ2v) is 9.28. The number of nitrogens with two attached hydrogens (primary N) is 3. The van der Waals surface area contributed by atoms with E-state index < -0.39 is 47.9 Å². The van der Waals surface area contributed by atoms with Crippen LogP contribution in [0.4, 0.5) is 0 Å². The van der Waals surface area contributed by atoms with Crippen molar-refractivity contribution in [2.45, 2.75) is 89.4 Å². The predicted octanol–water partition coefficient (Wildman–Crippen LogP) is -0.877. The van der Waals surface area contributed by atoms with Crippen molar-refractivity contribution < 1.29 is 24.3 Å². The number of aromatic amines is 1. The van der Waals surface area contributed by atoms with E-state index in [1.165, 1.54) is 12.5 Å². The molecule has 0 aliphatic carbocycles. The van der Waals surface area contributed by atoms with Crippen LogP contribution in [0, 0.1) is 5.92 Å². The second-order valence-electron chi connectivity index (χ2n) is 9.28. The van der Waals surface area contributed by atoms with Crippen LogP contribution in [0.2, 0.25) is 0 Å². The maximum atomic E-state index is 13.3. The van der Waals surface area contributed by atoms with Gasteiger partial charge in [-0.05, 0) is 57.5 Å². The highest BCUT2D eigenvalue weighted by molar-refractivity contribution is 5.94. The lowest BCUT2D eigenvalue weighted by molar-refractivity contribution is -0.142. The average molecular weight is 525 g/mol. The normalized spacial score (nSPS) is 15.2. The zero-order valence-electron chi connectivity index (χ0n) is 21.9. The smallest absolute Gasteiger partial charge is 0.326 e. The standard InChI is InChI=1S/C24H44N8O5/c1-3-15(2)20(27)23(35)32-19(12-16-13-28-14-29-16)22(34)30-17(8-4-6-10-25)21(33)31-18(24(36)37)9-5-7-11-26/h13-15,17-20H,3-12,25-27H2,1-2H3,(H,28,29)(H,30,34)(H,31,33)(H,32,35)(H,36,37). The zero-order valence-corrected chi connectivity index (χ0v) is 21.9. The topological polar surface area (TPSA) is 231 Å². The lowest BCUT2D eigenvalue weighted by atomic mass is 9.98. The molecular weight excluding hydrogens is 480 g/mol. The number of hydrogen-bond donors (Lipinski definition) is 8. The molecule has 37 heavy (non-hydrogen) atoms. The molecule has 13 heteroatoms. The highest BCUT2D eigenvalue weighted by Crippen LogP contribution is 2.09. The third kappa shape index (κ3) is 11.7. The van der Waals surface area contributed by atoms with E-state index in [9.17, 15) is 24.3 Å². The summed E-state index contributed by atoms with van der Waals surface area (Å²) in [6.45, 7) is 4.59. The first kappa shape index (κ1) is 32.0. The van der Waals surface area contributed by atoms with E-state index in [0.29, 0.717) is 50.9 Å². The molecule has 0 radical (unpaired) electrons. The number of rotatable bonds is 19. The van der Waals surface area contributed by atoms with Gasteiger partial charge in [0, 0.05) is 18.3 Å². The first-order valence-corrected chi connectivity index (χ1v) is 12.9. The van der Waals surface area contributed by atoms with Gasteiger partial charge in [0.1, 0.15) is 18.1 Å². The van der Waals surface area contributed by atoms with Crippen LogP contribution in [0.1, 0.15) is 64.5 Å². The molecule has 1 aromatic rings. The molecular formula is C24H44N8O5. The zero-order chi connectivity index (χ0) is 27.8. The van der Waals surface area contributed by atoms with Gasteiger partial charge < -0.3 is 43.2 Å². The van der Waals surface area contributed by atoms with E-state index in [1.807, 2.05) is 13.8 Å². The van der Waals surface area contributed by atoms with E-state index >= 15 is 0 Å². The van der Waals surface area contributed by atoms with E-state index in [-0.39, 0.29) is 25.2 Å². The number of carboxylic acid groups (broad SMARTS) is 1. The Morgan fingerprint density at radius 2 is 1.46 bits per heavy atom. The number of unbranched alkanes of at least 4 members (excludes halogenated alkanes) is 2. The Morgan fingerprint density at radius 1 is 0.919 bits per heavy atom. The van der Waals surface area contributed by atoms with Gasteiger partial charge in [0.2, 0.25) is 17.7 Å². The van der Waals surface area contributed by atoms with Gasteiger partial charge in [-0.1, -0.05) is 20.3 Å². The molecule has 0 fully saturated rings. The van der Waals surface area contributed by atoms with E-state index in [0.717, 1.165) is 0 Å². The lowest BCUT2D eigenvalue weighted by Gasteiger charge is -2.26. The van der Waals surface area contributed by atoms with Gasteiger partial charge in [-0.3, -0.25) is 14.4 Å². The first-order valence-electron chi connectivity index (χ1n) is 12.9. The number of carbonyl (C=O) groups is 4. The molecule has 1 rings (SSSR count). The molecule has 1 heterocycles. The Labute approximate surface area is 218 Å². The molecule has 5 unspecified atom stereocenters. The van der Waals surface area contributed by atoms with E-state index in [1.54, 1.807) is 0 Å². The minimum atomic E-state index is -1.17. The number of hydrogen-bond acceptors (Lipinski definition) is 8. The quantitative estimate of drug-likeness (QED) is 0.105. The number of nitrogens with one attached hydrogen (secondary N) is 4. The fourth-order valence-electron chi connectivity index (χ4n) is 3.66. The van der Waals surface area contributed by atoms with Gasteiger partial charge in [-0.15, -0.1) is 0 Å². The molecule has 1 aromatic heterocycles. The van der Waals surface area contributed by atoms with Crippen molar-refractivity contribution in [3.63, 3.8) is 0 Å². The Bertz CT molecular complexity index is 835. The van der Waals surface area contributed by atoms with Crippen LogP contribution < -0.4 is 33.2 Å². The van der Waals surface area contributed by atoms with E-state index in [4.69, 9.17) is 17.2 Å². The minimum Gasteiger partial charge on any atom is -0.480 e. The van der Waals surface area contributed by atoms with E-state index in [2.05, 4.69) is 25.9 Å². The largest absolute Gasteiger partial charge is 0.480 e. The van der Waals surface area contributed by atoms with Gasteiger partial charge in [-0.2, -0.15) is 0 Å². The van der Waals surface area contributed by atoms with Gasteiger partial charge in [0.15, 0.2) is 0 Å². The van der Waals surface area contributed by atoms with Crippen LogP contribution in [0.5, 0.6) is 0 Å². The van der Waals surface area contributed by atoms with Crippen molar-refractivity contribution in [1.82, 2.24) is 25.9 Å². The Morgan fingerprint density at radius 3 is 1.97 bits per heavy atom. The van der Waals surface area contributed by atoms with Crippen molar-refractivity contribution in [2.75, 3.05) is 13.1 Å². The molecule has 0 aromatic carbocycles. The van der Waals surface area contributed by atoms with Crippen molar-refractivity contribution in [1.29, 1.82) is 0 Å². The first-order chi connectivity index (χ1) is 17.6. The molecule has 13 nitrogen and oxygen atoms in total. The third-order valence-electron chi connectivity index (χ3n) is 6.31. The number of H-pyrrole nitrogens is 1. The van der Waals surface area contributed by atoms with Crippen LogP contribution in [-0.2, 0) is 25.6 Å². The molecule has 0 bridgehead atoms. The number of carboxylic acids is 1. The molecule has 0 aliphatic heterocycles. The summed E-state index contributed by atoms with van der Waals surface area (Å²) in [6.07, 6.45) is 6.56. The predicted molar refractivity (Wildman–Crippen MR) is 139 cm³/mol. The summed E-state index contributed by atoms with van der Waals surface area (Å²) < 4.78 is 0. The molecule has 3 amide bonds. The Hall–Kier alpha value is -3.03. The molecule has 0 spiro atoms. The SMILES string of the molecule is CCC(C)C(N)C(=O)NC(Cc1cnc[nH]1)C(=O)NC(CCCCN)C(=O)NC(CCCCN)C(=O)O. The van der Waals surface area contributed by atoms with Gasteiger partial charge in [0.05, 0.1) is 12.4 Å². The highest BCUT2D eigenvalue weighted by Gasteiger charge is 2.31. The molecule has 5 atom stereocenters. The third-order valence-corrected chi connectivity index (χ3v) is 6.31. The minimum absolute atomic E-state index is 0.0960. The number of carbonyl (C=O) groups excluding carboxylic acids is 3. The van der Waals surface area contributed by atoms with Crippen LogP contribution in [0.15, 0.2) is 12.5 Å². The van der Waals surface area contributed by atoms with Crippen LogP contribution in [-0.4, -0.2) is 76.0 Å². The number of imidazole rings is 1. The summed E-state index contributed by atoms with van der Waals surface area (Å²) in [5.74, 6) is -2.96. The molecule has 0 saturated heterocycles. The average Bonchev–Trinajstić information content (AvgIpc) is 3.39. The number of nitrogens with zero attached hydrogens (tertiary/aromatic N) is 1. The molecule has 11 N–H and O–H groups in total. The fourth-order valence-corrected chi connectivity index (χ4v) is 3.66. The van der Waals surface area contributed by atoms with Crippen molar-refractivity contribution in [3.05, 3.63) is 18.2 Å². The lowest BCUT2D eigenvalue weighted by Crippen LogP contribution is -2.58. The summed E-state index contributed by atoms with van der Waals surface area (Å²) in [4.78, 5) is 57.6. The number of aliphatic carboxylic acids is 1. The Kier molecular flexibility index (Phi) is 15.1. The van der Waals surface area contributed by atoms with Crippen LogP contribution in [0.25, 0.3) is 0 Å². The number of aromatic nitrogens is 2. The molecule has 0 saturated carbocycles. The molecule has 0 aliphatic rings. The Balaban J connectivity index is 3.04. The van der Waals surface area contributed by atoms with Gasteiger partial charge >= 0.3 is 5.97 Å². The second kappa shape index (κ2) is 17.4.